The van der Waals surface area contributed by atoms with E-state index in [2.05, 4.69) is 26.5 Å². The predicted molar refractivity (Wildman–Crippen MR) is 108 cm³/mol. The van der Waals surface area contributed by atoms with Crippen LogP contribution in [0.5, 0.6) is 11.5 Å². The highest BCUT2D eigenvalue weighted by molar-refractivity contribution is 9.10. The fraction of sp³-hybridized carbons (Fsp3) is 0.0476. The molecule has 2 N–H and O–H groups in total. The minimum absolute atomic E-state index is 0.0797. The van der Waals surface area contributed by atoms with Gasteiger partial charge in [0.1, 0.15) is 18.1 Å². The molecule has 136 valence electrons. The first-order chi connectivity index (χ1) is 13.1. The van der Waals surface area contributed by atoms with Crippen LogP contribution >= 0.6 is 15.9 Å². The number of benzene rings is 3. The minimum atomic E-state index is -0.352. The van der Waals surface area contributed by atoms with Crippen LogP contribution in [0.4, 0.5) is 0 Å². The second kappa shape index (κ2) is 9.00. The lowest BCUT2D eigenvalue weighted by Crippen LogP contribution is -2.17. The number of ether oxygens (including phenoxy) is 1. The van der Waals surface area contributed by atoms with Crippen molar-refractivity contribution >= 4 is 28.1 Å². The van der Waals surface area contributed by atoms with Gasteiger partial charge in [-0.25, -0.2) is 5.43 Å². The average Bonchev–Trinajstić information content (AvgIpc) is 2.70. The second-order valence-corrected chi connectivity index (χ2v) is 6.62. The van der Waals surface area contributed by atoms with Gasteiger partial charge in [-0.2, -0.15) is 5.10 Å². The quantitative estimate of drug-likeness (QED) is 0.452. The zero-order chi connectivity index (χ0) is 19.1. The van der Waals surface area contributed by atoms with E-state index < -0.39 is 0 Å². The molecule has 0 fully saturated rings. The second-order valence-electron chi connectivity index (χ2n) is 5.70. The molecule has 3 rings (SSSR count). The van der Waals surface area contributed by atoms with Crippen LogP contribution in [0.3, 0.4) is 0 Å². The summed E-state index contributed by atoms with van der Waals surface area (Å²) in [6.07, 6.45) is 1.38. The van der Waals surface area contributed by atoms with Gasteiger partial charge in [-0.05, 0) is 48.0 Å². The standard InChI is InChI=1S/C21H17BrN2O3/c22-18-8-11-20(25)17(12-18)13-23-24-21(26)16-6-9-19(10-7-16)27-14-15-4-2-1-3-5-15/h1-13,25H,14H2,(H,24,26)/b23-13+. The van der Waals surface area contributed by atoms with Crippen LogP contribution in [0.2, 0.25) is 0 Å². The van der Waals surface area contributed by atoms with Crippen molar-refractivity contribution < 1.29 is 14.6 Å². The summed E-state index contributed by atoms with van der Waals surface area (Å²) in [6.45, 7) is 0.465. The Bertz CT molecular complexity index is 941. The van der Waals surface area contributed by atoms with Gasteiger partial charge < -0.3 is 9.84 Å². The predicted octanol–water partition coefficient (Wildman–Crippen LogP) is 4.50. The van der Waals surface area contributed by atoms with Gasteiger partial charge in [0.05, 0.1) is 6.21 Å². The number of hydrogen-bond donors (Lipinski definition) is 2. The number of halogens is 1. The molecule has 0 aliphatic heterocycles. The van der Waals surface area contributed by atoms with Gasteiger partial charge >= 0.3 is 0 Å². The first-order valence-electron chi connectivity index (χ1n) is 8.20. The summed E-state index contributed by atoms with van der Waals surface area (Å²) in [4.78, 5) is 12.1. The summed E-state index contributed by atoms with van der Waals surface area (Å²) >= 11 is 3.32. The fourth-order valence-corrected chi connectivity index (χ4v) is 2.68. The number of phenols is 1. The number of hydrazone groups is 1. The lowest BCUT2D eigenvalue weighted by molar-refractivity contribution is 0.0955. The number of amides is 1. The number of phenolic OH excluding ortho intramolecular Hbond substituents is 1. The summed E-state index contributed by atoms with van der Waals surface area (Å²) in [5.74, 6) is 0.407. The van der Waals surface area contributed by atoms with E-state index in [1.54, 1.807) is 42.5 Å². The fourth-order valence-electron chi connectivity index (χ4n) is 2.30. The third kappa shape index (κ3) is 5.43. The third-order valence-electron chi connectivity index (χ3n) is 3.72. The summed E-state index contributed by atoms with van der Waals surface area (Å²) in [5.41, 5.74) is 4.46. The molecule has 0 unspecified atom stereocenters. The van der Waals surface area contributed by atoms with Crippen LogP contribution < -0.4 is 10.2 Å². The van der Waals surface area contributed by atoms with E-state index in [4.69, 9.17) is 4.74 Å². The van der Waals surface area contributed by atoms with Crippen molar-refractivity contribution in [1.82, 2.24) is 5.43 Å². The molecule has 0 heterocycles. The lowest BCUT2D eigenvalue weighted by atomic mass is 10.2. The highest BCUT2D eigenvalue weighted by atomic mass is 79.9. The Morgan fingerprint density at radius 3 is 2.56 bits per heavy atom. The van der Waals surface area contributed by atoms with E-state index in [1.807, 2.05) is 30.3 Å². The number of carbonyl (C=O) groups excluding carboxylic acids is 1. The van der Waals surface area contributed by atoms with E-state index in [9.17, 15) is 9.90 Å². The van der Waals surface area contributed by atoms with E-state index in [1.165, 1.54) is 6.21 Å². The monoisotopic (exact) mass is 424 g/mol. The molecule has 3 aromatic carbocycles. The van der Waals surface area contributed by atoms with Gasteiger partial charge in [0.15, 0.2) is 0 Å². The van der Waals surface area contributed by atoms with Gasteiger partial charge in [-0.3, -0.25) is 4.79 Å². The molecule has 0 spiro atoms. The molecule has 3 aromatic rings. The van der Waals surface area contributed by atoms with Crippen molar-refractivity contribution in [1.29, 1.82) is 0 Å². The average molecular weight is 425 g/mol. The summed E-state index contributed by atoms with van der Waals surface area (Å²) in [6, 6.07) is 21.6. The van der Waals surface area contributed by atoms with Crippen LogP contribution in [-0.4, -0.2) is 17.2 Å². The highest BCUT2D eigenvalue weighted by Crippen LogP contribution is 2.20. The van der Waals surface area contributed by atoms with Gasteiger partial charge in [0.25, 0.3) is 5.91 Å². The van der Waals surface area contributed by atoms with Gasteiger partial charge in [-0.1, -0.05) is 46.3 Å². The molecule has 0 atom stereocenters. The van der Waals surface area contributed by atoms with Crippen LogP contribution in [0.25, 0.3) is 0 Å². The lowest BCUT2D eigenvalue weighted by Gasteiger charge is -2.07. The molecule has 0 radical (unpaired) electrons. The van der Waals surface area contributed by atoms with Crippen molar-refractivity contribution in [3.63, 3.8) is 0 Å². The molecular weight excluding hydrogens is 408 g/mol. The maximum atomic E-state index is 12.1. The van der Waals surface area contributed by atoms with Crippen LogP contribution in [0.15, 0.2) is 82.4 Å². The maximum absolute atomic E-state index is 12.1. The third-order valence-corrected chi connectivity index (χ3v) is 4.22. The molecule has 0 aromatic heterocycles. The molecule has 0 bridgehead atoms. The van der Waals surface area contributed by atoms with E-state index in [0.717, 1.165) is 10.0 Å². The Morgan fingerprint density at radius 1 is 1.07 bits per heavy atom. The number of rotatable bonds is 6. The van der Waals surface area contributed by atoms with E-state index in [-0.39, 0.29) is 11.7 Å². The van der Waals surface area contributed by atoms with Crippen molar-refractivity contribution in [2.45, 2.75) is 6.61 Å². The SMILES string of the molecule is O=C(N/N=C/c1cc(Br)ccc1O)c1ccc(OCc2ccccc2)cc1. The van der Waals surface area contributed by atoms with Gasteiger partial charge in [0.2, 0.25) is 0 Å². The van der Waals surface area contributed by atoms with Gasteiger partial charge in [0, 0.05) is 15.6 Å². The van der Waals surface area contributed by atoms with Crippen molar-refractivity contribution in [3.8, 4) is 11.5 Å². The minimum Gasteiger partial charge on any atom is -0.507 e. The Morgan fingerprint density at radius 2 is 1.81 bits per heavy atom. The summed E-state index contributed by atoms with van der Waals surface area (Å²) in [5, 5.41) is 13.6. The molecule has 0 aliphatic carbocycles. The molecule has 0 saturated carbocycles. The Hall–Kier alpha value is -3.12. The number of carbonyl (C=O) groups is 1. The number of aromatic hydroxyl groups is 1. The molecule has 6 heteroatoms. The summed E-state index contributed by atoms with van der Waals surface area (Å²) < 4.78 is 6.50. The summed E-state index contributed by atoms with van der Waals surface area (Å²) in [7, 11) is 0. The smallest absolute Gasteiger partial charge is 0.271 e. The zero-order valence-corrected chi connectivity index (χ0v) is 15.9. The first kappa shape index (κ1) is 18.7. The Kier molecular flexibility index (Phi) is 6.22. The molecule has 27 heavy (non-hydrogen) atoms. The van der Waals surface area contributed by atoms with Crippen molar-refractivity contribution in [2.75, 3.05) is 0 Å². The molecule has 5 nitrogen and oxygen atoms in total. The maximum Gasteiger partial charge on any atom is 0.271 e. The number of hydrogen-bond acceptors (Lipinski definition) is 4. The molecule has 0 aliphatic rings. The molecular formula is C21H17BrN2O3. The number of nitrogens with one attached hydrogen (secondary N) is 1. The van der Waals surface area contributed by atoms with E-state index in [0.29, 0.717) is 23.5 Å². The van der Waals surface area contributed by atoms with Crippen LogP contribution in [0.1, 0.15) is 21.5 Å². The van der Waals surface area contributed by atoms with Gasteiger partial charge in [-0.15, -0.1) is 0 Å². The van der Waals surface area contributed by atoms with Crippen LogP contribution in [-0.2, 0) is 6.61 Å². The highest BCUT2D eigenvalue weighted by Gasteiger charge is 2.05. The van der Waals surface area contributed by atoms with Crippen molar-refractivity contribution in [2.24, 2.45) is 5.10 Å². The zero-order valence-electron chi connectivity index (χ0n) is 14.3. The normalized spacial score (nSPS) is 10.7. The van der Waals surface area contributed by atoms with Crippen LogP contribution in [0, 0.1) is 0 Å². The Labute approximate surface area is 165 Å². The molecule has 0 saturated heterocycles. The topological polar surface area (TPSA) is 70.9 Å². The largest absolute Gasteiger partial charge is 0.507 e. The molecule has 1 amide bonds. The first-order valence-corrected chi connectivity index (χ1v) is 9.00. The number of nitrogens with zero attached hydrogens (tertiary/aromatic N) is 1. The Balaban J connectivity index is 1.55. The van der Waals surface area contributed by atoms with Crippen molar-refractivity contribution in [3.05, 3.63) is 94.0 Å². The van der Waals surface area contributed by atoms with E-state index >= 15 is 0 Å².